The fraction of sp³-hybridized carbons (Fsp3) is 1.00. The van der Waals surface area contributed by atoms with Gasteiger partial charge in [0.05, 0.1) is 0 Å². The van der Waals surface area contributed by atoms with Crippen LogP contribution in [0.25, 0.3) is 0 Å². The zero-order chi connectivity index (χ0) is 10.1. The zero-order valence-electron chi connectivity index (χ0n) is 8.95. The topological polar surface area (TPSA) is 43.2 Å². The van der Waals surface area contributed by atoms with E-state index in [2.05, 4.69) is 17.2 Å². The van der Waals surface area contributed by atoms with E-state index in [4.69, 9.17) is 9.47 Å². The lowest BCUT2D eigenvalue weighted by atomic mass is 10.2. The van der Waals surface area contributed by atoms with Crippen molar-refractivity contribution in [2.45, 2.75) is 57.1 Å². The van der Waals surface area contributed by atoms with E-state index in [1.165, 1.54) is 12.8 Å². The molecule has 0 N–H and O–H groups in total. The molecule has 1 aliphatic carbocycles. The standard InChI is InChI=1S/C10H18N2O2/c1-3-6-10(13-2)12-11-9(14-10)7-4-5-8-9/h3-8H2,1-2H3. The van der Waals surface area contributed by atoms with Crippen LogP contribution < -0.4 is 0 Å². The van der Waals surface area contributed by atoms with E-state index in [1.807, 2.05) is 0 Å². The lowest BCUT2D eigenvalue weighted by Gasteiger charge is -2.27. The molecular formula is C10H18N2O2. The smallest absolute Gasteiger partial charge is 0.289 e. The predicted octanol–water partition coefficient (Wildman–Crippen LogP) is 2.84. The van der Waals surface area contributed by atoms with Gasteiger partial charge in [0.2, 0.25) is 0 Å². The summed E-state index contributed by atoms with van der Waals surface area (Å²) in [6.45, 7) is 2.10. The molecule has 1 heterocycles. The van der Waals surface area contributed by atoms with Crippen molar-refractivity contribution in [1.82, 2.24) is 0 Å². The summed E-state index contributed by atoms with van der Waals surface area (Å²) >= 11 is 0. The third-order valence-electron chi connectivity index (χ3n) is 3.00. The van der Waals surface area contributed by atoms with Crippen LogP contribution in [-0.2, 0) is 9.47 Å². The van der Waals surface area contributed by atoms with E-state index in [9.17, 15) is 0 Å². The summed E-state index contributed by atoms with van der Waals surface area (Å²) in [7, 11) is 1.64. The van der Waals surface area contributed by atoms with E-state index >= 15 is 0 Å². The fourth-order valence-corrected chi connectivity index (χ4v) is 2.24. The number of hydrogen-bond donors (Lipinski definition) is 0. The van der Waals surface area contributed by atoms with Gasteiger partial charge in [-0.1, -0.05) is 6.92 Å². The number of hydrogen-bond acceptors (Lipinski definition) is 4. The fourth-order valence-electron chi connectivity index (χ4n) is 2.24. The predicted molar refractivity (Wildman–Crippen MR) is 51.8 cm³/mol. The SMILES string of the molecule is CCCC1(OC)N=NC2(CCCC2)O1. The third kappa shape index (κ3) is 1.57. The maximum Gasteiger partial charge on any atom is 0.289 e. The molecule has 2 aliphatic rings. The number of nitrogens with zero attached hydrogens (tertiary/aromatic N) is 2. The summed E-state index contributed by atoms with van der Waals surface area (Å²) in [6.07, 6.45) is 6.13. The van der Waals surface area contributed by atoms with Crippen molar-refractivity contribution in [3.8, 4) is 0 Å². The highest BCUT2D eigenvalue weighted by molar-refractivity contribution is 4.89. The lowest BCUT2D eigenvalue weighted by Crippen LogP contribution is -2.36. The van der Waals surface area contributed by atoms with Crippen molar-refractivity contribution in [2.75, 3.05) is 7.11 Å². The minimum absolute atomic E-state index is 0.342. The highest BCUT2D eigenvalue weighted by Gasteiger charge is 2.49. The Balaban J connectivity index is 2.08. The molecule has 1 spiro atoms. The summed E-state index contributed by atoms with van der Waals surface area (Å²) in [5, 5.41) is 8.48. The molecule has 1 aliphatic heterocycles. The highest BCUT2D eigenvalue weighted by Crippen LogP contribution is 2.44. The van der Waals surface area contributed by atoms with Crippen LogP contribution in [0.2, 0.25) is 0 Å². The molecule has 14 heavy (non-hydrogen) atoms. The average molecular weight is 198 g/mol. The molecule has 0 amide bonds. The molecule has 0 aromatic carbocycles. The van der Waals surface area contributed by atoms with E-state index in [-0.39, 0.29) is 5.72 Å². The second kappa shape index (κ2) is 3.59. The minimum atomic E-state index is -0.779. The molecule has 1 atom stereocenters. The summed E-state index contributed by atoms with van der Waals surface area (Å²) in [5.41, 5.74) is -0.342. The van der Waals surface area contributed by atoms with Crippen LogP contribution in [0.5, 0.6) is 0 Å². The van der Waals surface area contributed by atoms with Gasteiger partial charge in [0.1, 0.15) is 0 Å². The summed E-state index contributed by atoms with van der Waals surface area (Å²) in [5.74, 6) is -0.779. The van der Waals surface area contributed by atoms with E-state index in [0.29, 0.717) is 0 Å². The molecule has 0 aromatic heterocycles. The molecule has 1 unspecified atom stereocenters. The average Bonchev–Trinajstić information content (AvgIpc) is 2.78. The monoisotopic (exact) mass is 198 g/mol. The van der Waals surface area contributed by atoms with Crippen molar-refractivity contribution in [3.63, 3.8) is 0 Å². The number of ether oxygens (including phenoxy) is 2. The number of azo groups is 1. The molecule has 1 saturated carbocycles. The van der Waals surface area contributed by atoms with Crippen LogP contribution in [0.4, 0.5) is 0 Å². The van der Waals surface area contributed by atoms with Crippen molar-refractivity contribution < 1.29 is 9.47 Å². The Morgan fingerprint density at radius 2 is 2.00 bits per heavy atom. The summed E-state index contributed by atoms with van der Waals surface area (Å²) < 4.78 is 11.3. The molecule has 2 rings (SSSR count). The van der Waals surface area contributed by atoms with Gasteiger partial charge in [-0.3, -0.25) is 4.74 Å². The van der Waals surface area contributed by atoms with Crippen LogP contribution in [0.15, 0.2) is 10.2 Å². The molecule has 0 saturated heterocycles. The van der Waals surface area contributed by atoms with Gasteiger partial charge in [0.25, 0.3) is 5.91 Å². The Morgan fingerprint density at radius 3 is 2.57 bits per heavy atom. The molecule has 1 fully saturated rings. The maximum atomic E-state index is 5.93. The van der Waals surface area contributed by atoms with Gasteiger partial charge in [-0.15, -0.1) is 5.11 Å². The van der Waals surface area contributed by atoms with Crippen LogP contribution in [0, 0.1) is 0 Å². The molecule has 80 valence electrons. The lowest BCUT2D eigenvalue weighted by molar-refractivity contribution is -0.248. The first-order valence-corrected chi connectivity index (χ1v) is 5.44. The summed E-state index contributed by atoms with van der Waals surface area (Å²) in [6, 6.07) is 0. The van der Waals surface area contributed by atoms with Gasteiger partial charge in [-0.25, -0.2) is 0 Å². The number of rotatable bonds is 3. The van der Waals surface area contributed by atoms with E-state index in [1.54, 1.807) is 7.11 Å². The van der Waals surface area contributed by atoms with Gasteiger partial charge in [-0.2, -0.15) is 5.11 Å². The quantitative estimate of drug-likeness (QED) is 0.699. The van der Waals surface area contributed by atoms with Gasteiger partial charge < -0.3 is 4.74 Å². The third-order valence-corrected chi connectivity index (χ3v) is 3.00. The van der Waals surface area contributed by atoms with Crippen molar-refractivity contribution in [3.05, 3.63) is 0 Å². The van der Waals surface area contributed by atoms with E-state index < -0.39 is 5.91 Å². The molecule has 4 heteroatoms. The van der Waals surface area contributed by atoms with Gasteiger partial charge in [-0.05, 0) is 32.1 Å². The minimum Gasteiger partial charge on any atom is -0.334 e. The van der Waals surface area contributed by atoms with Crippen LogP contribution in [0.1, 0.15) is 45.4 Å². The second-order valence-corrected chi connectivity index (χ2v) is 4.12. The van der Waals surface area contributed by atoms with Crippen LogP contribution in [0.3, 0.4) is 0 Å². The molecule has 4 nitrogen and oxygen atoms in total. The molecule has 0 bridgehead atoms. The van der Waals surface area contributed by atoms with Crippen molar-refractivity contribution >= 4 is 0 Å². The number of methoxy groups -OCH3 is 1. The Bertz CT molecular complexity index is 236. The largest absolute Gasteiger partial charge is 0.334 e. The maximum absolute atomic E-state index is 5.93. The second-order valence-electron chi connectivity index (χ2n) is 4.12. The van der Waals surface area contributed by atoms with Gasteiger partial charge in [0.15, 0.2) is 5.72 Å². The van der Waals surface area contributed by atoms with Crippen LogP contribution >= 0.6 is 0 Å². The molecular weight excluding hydrogens is 180 g/mol. The van der Waals surface area contributed by atoms with E-state index in [0.717, 1.165) is 25.7 Å². The Hall–Kier alpha value is -0.480. The Kier molecular flexibility index (Phi) is 2.58. The van der Waals surface area contributed by atoms with Crippen molar-refractivity contribution in [2.24, 2.45) is 10.2 Å². The van der Waals surface area contributed by atoms with Crippen molar-refractivity contribution in [1.29, 1.82) is 0 Å². The van der Waals surface area contributed by atoms with Gasteiger partial charge in [0, 0.05) is 13.5 Å². The van der Waals surface area contributed by atoms with Crippen LogP contribution in [-0.4, -0.2) is 18.7 Å². The summed E-state index contributed by atoms with van der Waals surface area (Å²) in [4.78, 5) is 0. The molecule has 0 aromatic rings. The Labute approximate surface area is 84.7 Å². The first-order chi connectivity index (χ1) is 6.74. The Morgan fingerprint density at radius 1 is 1.29 bits per heavy atom. The van der Waals surface area contributed by atoms with Gasteiger partial charge >= 0.3 is 0 Å². The normalized spacial score (nSPS) is 34.4. The first kappa shape index (κ1) is 10.1. The molecule has 0 radical (unpaired) electrons. The highest BCUT2D eigenvalue weighted by atomic mass is 16.7. The zero-order valence-corrected chi connectivity index (χ0v) is 8.95. The first-order valence-electron chi connectivity index (χ1n) is 5.44.